The third-order valence-electron chi connectivity index (χ3n) is 5.08. The smallest absolute Gasteiger partial charge is 0.459 e. The van der Waals surface area contributed by atoms with Crippen molar-refractivity contribution in [2.24, 2.45) is 0 Å². The van der Waals surface area contributed by atoms with Crippen LogP contribution in [-0.2, 0) is 23.4 Å². The number of para-hydroxylation sites is 1. The lowest BCUT2D eigenvalue weighted by Gasteiger charge is -2.30. The molecule has 2 aromatic rings. The maximum Gasteiger partial charge on any atom is 0.459 e. The van der Waals surface area contributed by atoms with Crippen LogP contribution in [0.15, 0.2) is 60.0 Å². The number of benzene rings is 1. The van der Waals surface area contributed by atoms with Gasteiger partial charge in [0.1, 0.15) is 35.9 Å². The van der Waals surface area contributed by atoms with Gasteiger partial charge in [0, 0.05) is 6.20 Å². The molecule has 0 aliphatic carbocycles. The third-order valence-corrected chi connectivity index (χ3v) is 6.54. The highest BCUT2D eigenvalue weighted by Gasteiger charge is 2.54. The van der Waals surface area contributed by atoms with Crippen LogP contribution in [0.4, 0.5) is 5.82 Å². The first-order chi connectivity index (χ1) is 16.6. The Morgan fingerprint density at radius 2 is 2.09 bits per heavy atom. The highest BCUT2D eigenvalue weighted by atomic mass is 31.2. The zero-order valence-corrected chi connectivity index (χ0v) is 19.7. The number of nitrogens with zero attached hydrogens (tertiary/aromatic N) is 2. The minimum absolute atomic E-state index is 0.0377. The number of esters is 1. The lowest BCUT2D eigenvalue weighted by molar-refractivity contribution is -0.141. The highest BCUT2D eigenvalue weighted by Crippen LogP contribution is 2.47. The van der Waals surface area contributed by atoms with Gasteiger partial charge in [-0.1, -0.05) is 24.3 Å². The van der Waals surface area contributed by atoms with Gasteiger partial charge in [0.25, 0.3) is 0 Å². The fraction of sp³-hybridized carbons (Fsp3) is 0.381. The third kappa shape index (κ3) is 6.14. The zero-order chi connectivity index (χ0) is 25.6. The Morgan fingerprint density at radius 3 is 2.71 bits per heavy atom. The monoisotopic (exact) mass is 510 g/mol. The van der Waals surface area contributed by atoms with Crippen molar-refractivity contribution in [3.05, 3.63) is 65.7 Å². The van der Waals surface area contributed by atoms with E-state index in [0.29, 0.717) is 0 Å². The molecule has 0 bridgehead atoms. The van der Waals surface area contributed by atoms with Crippen LogP contribution in [0.2, 0.25) is 0 Å². The second-order valence-electron chi connectivity index (χ2n) is 7.46. The van der Waals surface area contributed by atoms with Gasteiger partial charge in [0.2, 0.25) is 0 Å². The number of nitrogen functional groups attached to an aromatic ring is 1. The summed E-state index contributed by atoms with van der Waals surface area (Å²) in [5.74, 6) is -0.566. The first-order valence-corrected chi connectivity index (χ1v) is 12.1. The van der Waals surface area contributed by atoms with Crippen molar-refractivity contribution in [1.29, 1.82) is 0 Å². The molecule has 1 aliphatic rings. The van der Waals surface area contributed by atoms with Crippen molar-refractivity contribution in [3.63, 3.8) is 0 Å². The topological polar surface area (TPSA) is 184 Å². The number of aliphatic hydroxyl groups is 2. The van der Waals surface area contributed by atoms with Gasteiger partial charge in [-0.2, -0.15) is 4.98 Å². The molecular formula is C21H27N4O9P. The first kappa shape index (κ1) is 26.5. The maximum atomic E-state index is 13.5. The molecule has 0 saturated carbocycles. The molecule has 1 aliphatic heterocycles. The summed E-state index contributed by atoms with van der Waals surface area (Å²) in [7, 11) is -4.25. The number of hydrogen-bond donors (Lipinski definition) is 4. The lowest BCUT2D eigenvalue weighted by Crippen LogP contribution is -2.45. The van der Waals surface area contributed by atoms with Crippen LogP contribution in [-0.4, -0.2) is 63.3 Å². The summed E-state index contributed by atoms with van der Waals surface area (Å²) in [5, 5.41) is 23.7. The number of carbonyl (C=O) groups excluding carboxylic acids is 1. The van der Waals surface area contributed by atoms with Gasteiger partial charge in [-0.15, -0.1) is 6.58 Å². The summed E-state index contributed by atoms with van der Waals surface area (Å²) >= 11 is 0. The summed E-state index contributed by atoms with van der Waals surface area (Å²) < 4.78 is 36.0. The number of aliphatic hydroxyl groups excluding tert-OH is 2. The van der Waals surface area contributed by atoms with Crippen molar-refractivity contribution in [3.8, 4) is 5.75 Å². The Hall–Kier alpha value is -3.06. The average molecular weight is 510 g/mol. The molecule has 1 saturated heterocycles. The fourth-order valence-electron chi connectivity index (χ4n) is 3.28. The number of nitrogens with two attached hydrogens (primary N) is 1. The van der Waals surface area contributed by atoms with E-state index in [-0.39, 0.29) is 18.2 Å². The second-order valence-corrected chi connectivity index (χ2v) is 9.21. The SMILES string of the molecule is C=C[C@]1(COP(=O)(NCC(=O)OCC)Oc2ccccc2)O[C@@H](n2ccc(N)nc2=O)[C@H](O)[C@@H]1O. The summed E-state index contributed by atoms with van der Waals surface area (Å²) in [4.78, 5) is 27.6. The highest BCUT2D eigenvalue weighted by molar-refractivity contribution is 7.52. The van der Waals surface area contributed by atoms with E-state index in [1.165, 1.54) is 24.4 Å². The number of aromatic nitrogens is 2. The molecule has 35 heavy (non-hydrogen) atoms. The van der Waals surface area contributed by atoms with E-state index in [4.69, 9.17) is 24.3 Å². The Bertz CT molecular complexity index is 1150. The van der Waals surface area contributed by atoms with Crippen LogP contribution in [0, 0.1) is 0 Å². The van der Waals surface area contributed by atoms with Crippen LogP contribution >= 0.6 is 7.75 Å². The van der Waals surface area contributed by atoms with E-state index in [1.54, 1.807) is 25.1 Å². The molecule has 1 fully saturated rings. The lowest BCUT2D eigenvalue weighted by atomic mass is 9.96. The average Bonchev–Trinajstić information content (AvgIpc) is 3.08. The molecule has 2 heterocycles. The van der Waals surface area contributed by atoms with E-state index in [1.807, 2.05) is 0 Å². The largest absolute Gasteiger partial charge is 0.465 e. The van der Waals surface area contributed by atoms with Crippen molar-refractivity contribution in [2.45, 2.75) is 31.0 Å². The fourth-order valence-corrected chi connectivity index (χ4v) is 4.58. The molecule has 190 valence electrons. The van der Waals surface area contributed by atoms with Gasteiger partial charge in [0.15, 0.2) is 6.23 Å². The van der Waals surface area contributed by atoms with E-state index in [2.05, 4.69) is 16.7 Å². The Kier molecular flexibility index (Phi) is 8.43. The quantitative estimate of drug-likeness (QED) is 0.185. The Morgan fingerprint density at radius 1 is 1.37 bits per heavy atom. The Balaban J connectivity index is 1.83. The van der Waals surface area contributed by atoms with E-state index in [9.17, 15) is 24.4 Å². The second kappa shape index (κ2) is 11.1. The molecule has 14 heteroatoms. The van der Waals surface area contributed by atoms with Crippen LogP contribution in [0.1, 0.15) is 13.2 Å². The molecule has 13 nitrogen and oxygen atoms in total. The summed E-state index contributed by atoms with van der Waals surface area (Å²) in [6.45, 7) is 4.22. The van der Waals surface area contributed by atoms with Crippen LogP contribution in [0.3, 0.4) is 0 Å². The summed E-state index contributed by atoms with van der Waals surface area (Å²) in [5.41, 5.74) is 2.86. The van der Waals surface area contributed by atoms with Gasteiger partial charge in [-0.05, 0) is 25.1 Å². The van der Waals surface area contributed by atoms with Crippen LogP contribution in [0.25, 0.3) is 0 Å². The van der Waals surface area contributed by atoms with E-state index < -0.39 is 56.6 Å². The normalized spacial score (nSPS) is 25.5. The molecule has 5 atom stereocenters. The molecule has 0 radical (unpaired) electrons. The predicted octanol–water partition coefficient (Wildman–Crippen LogP) is 0.357. The van der Waals surface area contributed by atoms with Crippen molar-refractivity contribution in [2.75, 3.05) is 25.5 Å². The first-order valence-electron chi connectivity index (χ1n) is 10.6. The minimum Gasteiger partial charge on any atom is -0.465 e. The van der Waals surface area contributed by atoms with E-state index >= 15 is 0 Å². The standard InChI is InChI=1S/C21H27N4O9P/c1-3-21(18(28)17(27)19(33-21)25-11-10-15(22)24-20(25)29)13-32-35(30,23-12-16(26)31-4-2)34-14-8-6-5-7-9-14/h3,5-11,17-19,27-28H,1,4,12-13H2,2H3,(H,23,30)(H2,22,24,29)/t17-,18+,19-,21-,35?/m1/s1. The molecule has 5 N–H and O–H groups in total. The number of hydrogen-bond acceptors (Lipinski definition) is 11. The minimum atomic E-state index is -4.25. The van der Waals surface area contributed by atoms with Crippen molar-refractivity contribution >= 4 is 19.5 Å². The maximum absolute atomic E-state index is 13.5. The van der Waals surface area contributed by atoms with E-state index in [0.717, 1.165) is 10.6 Å². The number of rotatable bonds is 11. The molecule has 0 spiro atoms. The zero-order valence-electron chi connectivity index (χ0n) is 18.9. The van der Waals surface area contributed by atoms with Crippen LogP contribution < -0.4 is 21.0 Å². The van der Waals surface area contributed by atoms with Crippen molar-refractivity contribution in [1.82, 2.24) is 14.6 Å². The number of anilines is 1. The molecule has 1 aromatic heterocycles. The molecule has 1 aromatic carbocycles. The summed E-state index contributed by atoms with van der Waals surface area (Å²) in [6, 6.07) is 9.35. The number of ether oxygens (including phenoxy) is 2. The molecular weight excluding hydrogens is 483 g/mol. The molecule has 1 unspecified atom stereocenters. The van der Waals surface area contributed by atoms with Gasteiger partial charge in [0.05, 0.1) is 13.2 Å². The predicted molar refractivity (Wildman–Crippen MR) is 123 cm³/mol. The van der Waals surface area contributed by atoms with Crippen molar-refractivity contribution < 1.29 is 38.1 Å². The molecule has 0 amide bonds. The number of nitrogens with one attached hydrogen (secondary N) is 1. The Labute approximate surface area is 200 Å². The number of carbonyl (C=O) groups is 1. The molecule has 3 rings (SSSR count). The van der Waals surface area contributed by atoms with Gasteiger partial charge in [-0.3, -0.25) is 13.9 Å². The summed E-state index contributed by atoms with van der Waals surface area (Å²) in [6.07, 6.45) is -2.25. The van der Waals surface area contributed by atoms with Crippen LogP contribution in [0.5, 0.6) is 5.75 Å². The van der Waals surface area contributed by atoms with Gasteiger partial charge in [-0.25, -0.2) is 14.4 Å². The van der Waals surface area contributed by atoms with Gasteiger partial charge < -0.3 is 29.9 Å². The van der Waals surface area contributed by atoms with Gasteiger partial charge >= 0.3 is 19.4 Å².